The van der Waals surface area contributed by atoms with Gasteiger partial charge < -0.3 is 10.6 Å². The smallest absolute Gasteiger partial charge is 0.238 e. The van der Waals surface area contributed by atoms with Gasteiger partial charge in [-0.25, -0.2) is 0 Å². The minimum atomic E-state index is 0.0222. The van der Waals surface area contributed by atoms with Crippen LogP contribution in [0.5, 0.6) is 0 Å². The van der Waals surface area contributed by atoms with Gasteiger partial charge in [0.1, 0.15) is 0 Å². The van der Waals surface area contributed by atoms with Gasteiger partial charge in [-0.15, -0.1) is 0 Å². The Labute approximate surface area is 136 Å². The summed E-state index contributed by atoms with van der Waals surface area (Å²) in [5.41, 5.74) is 0.800. The van der Waals surface area contributed by atoms with Crippen LogP contribution in [-0.4, -0.2) is 42.5 Å². The van der Waals surface area contributed by atoms with Crippen LogP contribution in [0.15, 0.2) is 27.1 Å². The van der Waals surface area contributed by atoms with E-state index in [2.05, 4.69) is 61.2 Å². The zero-order valence-corrected chi connectivity index (χ0v) is 14.8. The van der Waals surface area contributed by atoms with Crippen molar-refractivity contribution in [2.45, 2.75) is 25.9 Å². The van der Waals surface area contributed by atoms with Crippen molar-refractivity contribution < 1.29 is 4.79 Å². The third-order valence-corrected chi connectivity index (χ3v) is 4.59. The van der Waals surface area contributed by atoms with Gasteiger partial charge in [-0.05, 0) is 48.0 Å². The van der Waals surface area contributed by atoms with E-state index in [0.717, 1.165) is 27.7 Å². The highest BCUT2D eigenvalue weighted by Gasteiger charge is 2.24. The summed E-state index contributed by atoms with van der Waals surface area (Å²) in [6.07, 6.45) is 0. The predicted molar refractivity (Wildman–Crippen MR) is 89.0 cm³/mol. The van der Waals surface area contributed by atoms with Crippen molar-refractivity contribution in [1.82, 2.24) is 10.2 Å². The Kier molecular flexibility index (Phi) is 5.60. The van der Waals surface area contributed by atoms with Gasteiger partial charge in [-0.2, -0.15) is 0 Å². The second kappa shape index (κ2) is 7.02. The van der Waals surface area contributed by atoms with Gasteiger partial charge in [0.15, 0.2) is 0 Å². The molecule has 0 bridgehead atoms. The summed E-state index contributed by atoms with van der Waals surface area (Å²) in [4.78, 5) is 14.4. The SMILES string of the molecule is CC1CN(CC(=O)Nc2ccc(Br)cc2Br)C(C)CN1. The van der Waals surface area contributed by atoms with Gasteiger partial charge in [0, 0.05) is 34.1 Å². The molecule has 4 nitrogen and oxygen atoms in total. The number of hydrogen-bond acceptors (Lipinski definition) is 3. The average molecular weight is 405 g/mol. The highest BCUT2D eigenvalue weighted by molar-refractivity contribution is 9.11. The molecule has 20 heavy (non-hydrogen) atoms. The second-order valence-electron chi connectivity index (χ2n) is 5.26. The van der Waals surface area contributed by atoms with Gasteiger partial charge >= 0.3 is 0 Å². The first-order valence-corrected chi connectivity index (χ1v) is 8.26. The van der Waals surface area contributed by atoms with Crippen molar-refractivity contribution >= 4 is 43.5 Å². The van der Waals surface area contributed by atoms with Gasteiger partial charge in [-0.1, -0.05) is 15.9 Å². The normalized spacial score (nSPS) is 23.6. The summed E-state index contributed by atoms with van der Waals surface area (Å²) in [7, 11) is 0. The Morgan fingerprint density at radius 1 is 1.45 bits per heavy atom. The number of carbonyl (C=O) groups excluding carboxylic acids is 1. The Bertz CT molecular complexity index is 495. The molecule has 1 saturated heterocycles. The minimum absolute atomic E-state index is 0.0222. The average Bonchev–Trinajstić information content (AvgIpc) is 2.37. The van der Waals surface area contributed by atoms with E-state index in [1.165, 1.54) is 0 Å². The molecule has 1 aromatic carbocycles. The van der Waals surface area contributed by atoms with Crippen LogP contribution in [0, 0.1) is 0 Å². The van der Waals surface area contributed by atoms with Crippen molar-refractivity contribution in [2.75, 3.05) is 25.0 Å². The third-order valence-electron chi connectivity index (χ3n) is 3.45. The summed E-state index contributed by atoms with van der Waals surface area (Å²) in [6.45, 7) is 6.53. The largest absolute Gasteiger partial charge is 0.324 e. The monoisotopic (exact) mass is 403 g/mol. The molecule has 1 fully saturated rings. The van der Waals surface area contributed by atoms with E-state index in [1.54, 1.807) is 0 Å². The van der Waals surface area contributed by atoms with E-state index >= 15 is 0 Å². The lowest BCUT2D eigenvalue weighted by atomic mass is 10.1. The van der Waals surface area contributed by atoms with Crippen molar-refractivity contribution in [1.29, 1.82) is 0 Å². The van der Waals surface area contributed by atoms with Crippen LogP contribution in [0.1, 0.15) is 13.8 Å². The molecule has 0 spiro atoms. The molecule has 2 unspecified atom stereocenters. The maximum absolute atomic E-state index is 12.2. The molecule has 1 heterocycles. The van der Waals surface area contributed by atoms with Crippen molar-refractivity contribution in [2.24, 2.45) is 0 Å². The fourth-order valence-electron chi connectivity index (χ4n) is 2.28. The molecule has 6 heteroatoms. The predicted octanol–water partition coefficient (Wildman–Crippen LogP) is 2.83. The number of halogens is 2. The first-order chi connectivity index (χ1) is 9.45. The second-order valence-corrected chi connectivity index (χ2v) is 7.03. The number of nitrogens with one attached hydrogen (secondary N) is 2. The maximum Gasteiger partial charge on any atom is 0.238 e. The van der Waals surface area contributed by atoms with E-state index in [4.69, 9.17) is 0 Å². The highest BCUT2D eigenvalue weighted by Crippen LogP contribution is 2.26. The number of rotatable bonds is 3. The number of piperazine rings is 1. The molecular formula is C14H19Br2N3O. The van der Waals surface area contributed by atoms with Crippen LogP contribution in [0.3, 0.4) is 0 Å². The Morgan fingerprint density at radius 3 is 2.90 bits per heavy atom. The maximum atomic E-state index is 12.2. The Hall–Kier alpha value is -0.430. The van der Waals surface area contributed by atoms with Crippen molar-refractivity contribution in [3.63, 3.8) is 0 Å². The molecule has 2 N–H and O–H groups in total. The Balaban J connectivity index is 1.94. The minimum Gasteiger partial charge on any atom is -0.324 e. The Morgan fingerprint density at radius 2 is 2.20 bits per heavy atom. The van der Waals surface area contributed by atoms with Gasteiger partial charge in [0.25, 0.3) is 0 Å². The quantitative estimate of drug-likeness (QED) is 0.814. The van der Waals surface area contributed by atoms with E-state index in [-0.39, 0.29) is 5.91 Å². The number of benzene rings is 1. The highest BCUT2D eigenvalue weighted by atomic mass is 79.9. The molecule has 0 radical (unpaired) electrons. The summed E-state index contributed by atoms with van der Waals surface area (Å²) in [5, 5.41) is 6.37. The summed E-state index contributed by atoms with van der Waals surface area (Å²) >= 11 is 6.85. The lowest BCUT2D eigenvalue weighted by Gasteiger charge is -2.36. The van der Waals surface area contributed by atoms with Crippen LogP contribution >= 0.6 is 31.9 Å². The standard InChI is InChI=1S/C14H19Br2N3O/c1-9-7-19(10(2)6-17-9)8-14(20)18-13-4-3-11(15)5-12(13)16/h3-5,9-10,17H,6-8H2,1-2H3,(H,18,20). The fraction of sp³-hybridized carbons (Fsp3) is 0.500. The topological polar surface area (TPSA) is 44.4 Å². The van der Waals surface area contributed by atoms with Crippen LogP contribution in [0.25, 0.3) is 0 Å². The first-order valence-electron chi connectivity index (χ1n) is 6.68. The van der Waals surface area contributed by atoms with Crippen LogP contribution in [0.2, 0.25) is 0 Å². The first kappa shape index (κ1) is 15.9. The molecule has 1 amide bonds. The summed E-state index contributed by atoms with van der Waals surface area (Å²) in [5.74, 6) is 0.0222. The number of amides is 1. The molecular weight excluding hydrogens is 386 g/mol. The summed E-state index contributed by atoms with van der Waals surface area (Å²) in [6, 6.07) is 6.53. The molecule has 110 valence electrons. The molecule has 0 aromatic heterocycles. The van der Waals surface area contributed by atoms with Gasteiger partial charge in [0.05, 0.1) is 12.2 Å². The van der Waals surface area contributed by atoms with E-state index in [9.17, 15) is 4.79 Å². The number of carbonyl (C=O) groups is 1. The van der Waals surface area contributed by atoms with Crippen LogP contribution in [0.4, 0.5) is 5.69 Å². The molecule has 1 aliphatic heterocycles. The summed E-state index contributed by atoms with van der Waals surface area (Å²) < 4.78 is 1.86. The van der Waals surface area contributed by atoms with Crippen molar-refractivity contribution in [3.05, 3.63) is 27.1 Å². The van der Waals surface area contributed by atoms with E-state index < -0.39 is 0 Å². The van der Waals surface area contributed by atoms with E-state index in [0.29, 0.717) is 18.6 Å². The molecule has 2 atom stereocenters. The molecule has 2 rings (SSSR count). The molecule has 1 aliphatic rings. The van der Waals surface area contributed by atoms with E-state index in [1.807, 2.05) is 18.2 Å². The van der Waals surface area contributed by atoms with Crippen molar-refractivity contribution in [3.8, 4) is 0 Å². The van der Waals surface area contributed by atoms with Gasteiger partial charge in [0.2, 0.25) is 5.91 Å². The zero-order chi connectivity index (χ0) is 14.7. The van der Waals surface area contributed by atoms with Crippen LogP contribution < -0.4 is 10.6 Å². The lowest BCUT2D eigenvalue weighted by molar-refractivity contribution is -0.118. The zero-order valence-electron chi connectivity index (χ0n) is 11.6. The van der Waals surface area contributed by atoms with Gasteiger partial charge in [-0.3, -0.25) is 9.69 Å². The third kappa shape index (κ3) is 4.28. The molecule has 1 aromatic rings. The van der Waals surface area contributed by atoms with Crippen LogP contribution in [-0.2, 0) is 4.79 Å². The number of hydrogen-bond donors (Lipinski definition) is 2. The molecule has 0 saturated carbocycles. The number of anilines is 1. The lowest BCUT2D eigenvalue weighted by Crippen LogP contribution is -2.55. The fourth-order valence-corrected chi connectivity index (χ4v) is 3.43. The molecule has 0 aliphatic carbocycles. The number of nitrogens with zero attached hydrogens (tertiary/aromatic N) is 1.